The van der Waals surface area contributed by atoms with Crippen LogP contribution in [0.5, 0.6) is 0 Å². The van der Waals surface area contributed by atoms with Crippen LogP contribution in [0.3, 0.4) is 0 Å². The fraction of sp³-hybridized carbons (Fsp3) is 0.0303. The van der Waals surface area contributed by atoms with E-state index in [1.54, 1.807) is 6.07 Å². The molecule has 168 valence electrons. The predicted octanol–water partition coefficient (Wildman–Crippen LogP) is 7.78. The van der Waals surface area contributed by atoms with E-state index in [2.05, 4.69) is 102 Å². The van der Waals surface area contributed by atoms with Crippen LogP contribution in [0.1, 0.15) is 22.3 Å². The Bertz CT molecular complexity index is 1760. The zero-order valence-corrected chi connectivity index (χ0v) is 19.5. The van der Waals surface area contributed by atoms with E-state index < -0.39 is 0 Å². The highest BCUT2D eigenvalue weighted by molar-refractivity contribution is 6.09. The number of benzene rings is 5. The van der Waals surface area contributed by atoms with Gasteiger partial charge in [-0.2, -0.15) is 10.5 Å². The minimum Gasteiger partial charge on any atom is -0.309 e. The molecule has 0 aliphatic heterocycles. The van der Waals surface area contributed by atoms with E-state index in [1.165, 1.54) is 27.4 Å². The van der Waals surface area contributed by atoms with Crippen molar-refractivity contribution in [3.05, 3.63) is 138 Å². The van der Waals surface area contributed by atoms with Crippen molar-refractivity contribution in [1.82, 2.24) is 4.57 Å². The molecule has 0 bridgehead atoms. The van der Waals surface area contributed by atoms with Crippen molar-refractivity contribution < 1.29 is 0 Å². The quantitative estimate of drug-likeness (QED) is 0.270. The number of hydrogen-bond donors (Lipinski definition) is 0. The normalized spacial score (nSPS) is 10.8. The summed E-state index contributed by atoms with van der Waals surface area (Å²) in [6.07, 6.45) is 0.714. The van der Waals surface area contributed by atoms with Gasteiger partial charge in [-0.3, -0.25) is 0 Å². The molecule has 0 fully saturated rings. The van der Waals surface area contributed by atoms with Crippen molar-refractivity contribution in [2.45, 2.75) is 6.42 Å². The van der Waals surface area contributed by atoms with Gasteiger partial charge < -0.3 is 4.57 Å². The van der Waals surface area contributed by atoms with E-state index >= 15 is 0 Å². The van der Waals surface area contributed by atoms with Gasteiger partial charge in [0.15, 0.2) is 0 Å². The molecule has 0 N–H and O–H groups in total. The van der Waals surface area contributed by atoms with Gasteiger partial charge in [0.2, 0.25) is 0 Å². The van der Waals surface area contributed by atoms with Crippen molar-refractivity contribution in [2.75, 3.05) is 0 Å². The molecule has 0 saturated carbocycles. The Morgan fingerprint density at radius 2 is 1.08 bits per heavy atom. The molecule has 0 unspecified atom stereocenters. The maximum Gasteiger partial charge on any atom is 0.0992 e. The van der Waals surface area contributed by atoms with Crippen LogP contribution in [0.25, 0.3) is 38.6 Å². The fourth-order valence-electron chi connectivity index (χ4n) is 5.13. The molecule has 0 saturated heterocycles. The second-order valence-electron chi connectivity index (χ2n) is 8.85. The molecule has 1 aromatic heterocycles. The van der Waals surface area contributed by atoms with Gasteiger partial charge >= 0.3 is 0 Å². The molecule has 0 amide bonds. The molecule has 5 aromatic carbocycles. The third-order valence-corrected chi connectivity index (χ3v) is 6.71. The van der Waals surface area contributed by atoms with Crippen molar-refractivity contribution in [2.24, 2.45) is 0 Å². The number of aromatic nitrogens is 1. The first-order valence-electron chi connectivity index (χ1n) is 11.9. The summed E-state index contributed by atoms with van der Waals surface area (Å²) in [5.74, 6) is 0. The SMILES string of the molecule is N#Cc1cc(C#N)cc(-c2ccccc2Cc2ccccc2-n2c3ccccc3c3ccccc32)c1. The number of hydrogen-bond acceptors (Lipinski definition) is 2. The number of fused-ring (bicyclic) bond motifs is 3. The Balaban J connectivity index is 1.53. The average molecular weight is 460 g/mol. The molecular formula is C33H21N3. The number of para-hydroxylation sites is 3. The van der Waals surface area contributed by atoms with Gasteiger partial charge in [0.05, 0.1) is 34.3 Å². The maximum atomic E-state index is 9.49. The van der Waals surface area contributed by atoms with Gasteiger partial charge in [0.25, 0.3) is 0 Å². The summed E-state index contributed by atoms with van der Waals surface area (Å²) in [7, 11) is 0. The topological polar surface area (TPSA) is 52.5 Å². The smallest absolute Gasteiger partial charge is 0.0992 e. The molecule has 0 aliphatic rings. The van der Waals surface area contributed by atoms with Gasteiger partial charge in [-0.15, -0.1) is 0 Å². The first-order chi connectivity index (χ1) is 17.8. The predicted molar refractivity (Wildman–Crippen MR) is 145 cm³/mol. The van der Waals surface area contributed by atoms with E-state index in [-0.39, 0.29) is 0 Å². The van der Waals surface area contributed by atoms with Crippen molar-refractivity contribution in [1.29, 1.82) is 10.5 Å². The molecule has 6 aromatic rings. The largest absolute Gasteiger partial charge is 0.309 e. The van der Waals surface area contributed by atoms with Gasteiger partial charge in [0, 0.05) is 22.9 Å². The molecule has 0 spiro atoms. The Morgan fingerprint density at radius 1 is 0.556 bits per heavy atom. The van der Waals surface area contributed by atoms with Crippen LogP contribution >= 0.6 is 0 Å². The lowest BCUT2D eigenvalue weighted by Gasteiger charge is -2.16. The van der Waals surface area contributed by atoms with Crippen LogP contribution in [0.2, 0.25) is 0 Å². The molecule has 3 nitrogen and oxygen atoms in total. The maximum absolute atomic E-state index is 9.49. The van der Waals surface area contributed by atoms with Crippen LogP contribution in [-0.4, -0.2) is 4.57 Å². The highest BCUT2D eigenvalue weighted by Crippen LogP contribution is 2.34. The first kappa shape index (κ1) is 21.4. The van der Waals surface area contributed by atoms with Crippen LogP contribution in [0.15, 0.2) is 115 Å². The highest BCUT2D eigenvalue weighted by Gasteiger charge is 2.15. The Labute approximate surface area is 209 Å². The molecule has 0 radical (unpaired) electrons. The van der Waals surface area contributed by atoms with E-state index in [0.29, 0.717) is 17.5 Å². The van der Waals surface area contributed by atoms with Gasteiger partial charge in [-0.05, 0) is 58.7 Å². The summed E-state index contributed by atoms with van der Waals surface area (Å²) < 4.78 is 2.35. The van der Waals surface area contributed by atoms with E-state index in [9.17, 15) is 10.5 Å². The summed E-state index contributed by atoms with van der Waals surface area (Å²) in [5, 5.41) is 21.4. The third kappa shape index (κ3) is 3.61. The molecule has 6 rings (SSSR count). The lowest BCUT2D eigenvalue weighted by molar-refractivity contribution is 1.09. The number of rotatable bonds is 4. The molecule has 1 heterocycles. The number of nitrogens with zero attached hydrogens (tertiary/aromatic N) is 3. The lowest BCUT2D eigenvalue weighted by atomic mass is 9.92. The van der Waals surface area contributed by atoms with Crippen LogP contribution < -0.4 is 0 Å². The van der Waals surface area contributed by atoms with Gasteiger partial charge in [-0.25, -0.2) is 0 Å². The van der Waals surface area contributed by atoms with Crippen LogP contribution in [0, 0.1) is 22.7 Å². The molecular weight excluding hydrogens is 438 g/mol. The van der Waals surface area contributed by atoms with Gasteiger partial charge in [-0.1, -0.05) is 78.9 Å². The van der Waals surface area contributed by atoms with Crippen molar-refractivity contribution in [3.8, 4) is 29.0 Å². The first-order valence-corrected chi connectivity index (χ1v) is 11.9. The number of nitriles is 2. The molecule has 0 aliphatic carbocycles. The van der Waals surface area contributed by atoms with Crippen LogP contribution in [0.4, 0.5) is 0 Å². The minimum absolute atomic E-state index is 0.490. The lowest BCUT2D eigenvalue weighted by Crippen LogP contribution is -2.01. The Morgan fingerprint density at radius 3 is 1.72 bits per heavy atom. The highest BCUT2D eigenvalue weighted by atomic mass is 15.0. The fourth-order valence-corrected chi connectivity index (χ4v) is 5.13. The summed E-state index contributed by atoms with van der Waals surface area (Å²) in [4.78, 5) is 0. The van der Waals surface area contributed by atoms with Crippen molar-refractivity contribution in [3.63, 3.8) is 0 Å². The van der Waals surface area contributed by atoms with E-state index in [4.69, 9.17) is 0 Å². The summed E-state index contributed by atoms with van der Waals surface area (Å²) in [6.45, 7) is 0. The zero-order valence-electron chi connectivity index (χ0n) is 19.5. The standard InChI is InChI=1S/C33H21N3/c34-21-23-17-24(22-35)19-27(18-23)28-11-3-1-9-25(28)20-26-10-2-6-14-31(26)36-32-15-7-4-12-29(32)30-13-5-8-16-33(30)36/h1-19H,20H2. The zero-order chi connectivity index (χ0) is 24.5. The van der Waals surface area contributed by atoms with E-state index in [0.717, 1.165) is 22.4 Å². The molecule has 0 atom stereocenters. The van der Waals surface area contributed by atoms with E-state index in [1.807, 2.05) is 24.3 Å². The second-order valence-corrected chi connectivity index (χ2v) is 8.85. The third-order valence-electron chi connectivity index (χ3n) is 6.71. The second kappa shape index (κ2) is 8.91. The Hall–Kier alpha value is -5.12. The van der Waals surface area contributed by atoms with Gasteiger partial charge in [0.1, 0.15) is 0 Å². The summed E-state index contributed by atoms with van der Waals surface area (Å²) in [6, 6.07) is 43.6. The Kier molecular flexibility index (Phi) is 5.30. The van der Waals surface area contributed by atoms with Crippen LogP contribution in [-0.2, 0) is 6.42 Å². The molecule has 3 heteroatoms. The summed E-state index contributed by atoms with van der Waals surface area (Å²) >= 11 is 0. The monoisotopic (exact) mass is 459 g/mol. The average Bonchev–Trinajstić information content (AvgIpc) is 3.27. The molecule has 36 heavy (non-hydrogen) atoms. The summed E-state index contributed by atoms with van der Waals surface area (Å²) in [5.41, 5.74) is 8.75. The minimum atomic E-state index is 0.490. The van der Waals surface area contributed by atoms with Crippen molar-refractivity contribution >= 4 is 21.8 Å².